The summed E-state index contributed by atoms with van der Waals surface area (Å²) in [7, 11) is 0. The van der Waals surface area contributed by atoms with Crippen LogP contribution in [0.25, 0.3) is 0 Å². The Labute approximate surface area is 398 Å². The molecule has 68 heavy (non-hydrogen) atoms. The van der Waals surface area contributed by atoms with Gasteiger partial charge in [0.1, 0.15) is 29.3 Å². The van der Waals surface area contributed by atoms with E-state index in [0.29, 0.717) is 57.1 Å². The van der Waals surface area contributed by atoms with Crippen molar-refractivity contribution in [2.45, 2.75) is 119 Å². The Bertz CT molecular complexity index is 2190. The number of hydrogen-bond donors (Lipinski definition) is 7. The number of ketones is 4. The van der Waals surface area contributed by atoms with Crippen molar-refractivity contribution in [2.75, 3.05) is 24.6 Å². The molecule has 0 saturated heterocycles. The number of halogens is 6. The highest BCUT2D eigenvalue weighted by Gasteiger charge is 2.34. The highest BCUT2D eigenvalue weighted by Crippen LogP contribution is 2.39. The van der Waals surface area contributed by atoms with E-state index in [9.17, 15) is 45.5 Å². The number of aliphatic imine (C=N–C) groups is 2. The molecule has 3 aromatic rings. The van der Waals surface area contributed by atoms with Gasteiger partial charge in [0.15, 0.2) is 23.5 Å². The number of carbonyl (C=O) groups is 4. The third-order valence-corrected chi connectivity index (χ3v) is 12.4. The standard InChI is InChI=1S/C45H57F6N11O4S2/c1-26(52)8-4-2-5-9-33(63)20-27-16-31(44(46,47)48)18-29(40(27)67-14-12-59-42(55)56)22-37(65)35-24-36(62-25-61-35)38(66)23-30-19-32(45(49,50)51)17-28(41(30)68-15-13-60-43(57)58)21-34(64)10-6-3-7-11-39(53)54/h16-19,24-25,52H,2-15,20-23H2,1H3,(H3,53,54)(H4,55,56,59)(H4,57,58,60). The molecule has 0 aliphatic carbocycles. The summed E-state index contributed by atoms with van der Waals surface area (Å²) in [6.07, 6.45) is -6.59. The van der Waals surface area contributed by atoms with Gasteiger partial charge in [-0.3, -0.25) is 34.6 Å². The highest BCUT2D eigenvalue weighted by atomic mass is 32.2. The van der Waals surface area contributed by atoms with Gasteiger partial charge in [0, 0.05) is 72.0 Å². The first-order chi connectivity index (χ1) is 31.9. The quantitative estimate of drug-likeness (QED) is 0.00870. The van der Waals surface area contributed by atoms with E-state index < -0.39 is 47.9 Å². The van der Waals surface area contributed by atoms with E-state index in [0.717, 1.165) is 60.2 Å². The summed E-state index contributed by atoms with van der Waals surface area (Å²) in [5.41, 5.74) is 24.6. The van der Waals surface area contributed by atoms with Crippen molar-refractivity contribution in [3.8, 4) is 0 Å². The number of unbranched alkanes of at least 4 members (excludes halogenated alkanes) is 4. The van der Waals surface area contributed by atoms with Gasteiger partial charge in [0.2, 0.25) is 0 Å². The minimum absolute atomic E-state index is 0.000860. The number of rotatable bonds is 30. The number of thioether (sulfide) groups is 2. The van der Waals surface area contributed by atoms with Crippen LogP contribution in [0.2, 0.25) is 0 Å². The average molecular weight is 994 g/mol. The Morgan fingerprint density at radius 3 is 1.28 bits per heavy atom. The monoisotopic (exact) mass is 993 g/mol. The fraction of sp³-hybridized carbons (Fsp3) is 0.467. The van der Waals surface area contributed by atoms with Crippen LogP contribution in [-0.4, -0.2) is 81.2 Å². The predicted molar refractivity (Wildman–Crippen MR) is 253 cm³/mol. The predicted octanol–water partition coefficient (Wildman–Crippen LogP) is 7.20. The Kier molecular flexibility index (Phi) is 22.6. The number of nitrogens with one attached hydrogen (secondary N) is 2. The number of benzene rings is 2. The molecule has 15 nitrogen and oxygen atoms in total. The normalized spacial score (nSPS) is 11.5. The number of carbonyl (C=O) groups excluding carboxylic acids is 4. The van der Waals surface area contributed by atoms with Gasteiger partial charge in [0.05, 0.1) is 30.1 Å². The van der Waals surface area contributed by atoms with Crippen molar-refractivity contribution in [2.24, 2.45) is 38.7 Å². The number of aromatic nitrogens is 2. The fourth-order valence-electron chi connectivity index (χ4n) is 6.87. The molecule has 0 aliphatic heterocycles. The van der Waals surface area contributed by atoms with Crippen LogP contribution in [0.15, 0.2) is 56.4 Å². The summed E-state index contributed by atoms with van der Waals surface area (Å²) in [4.78, 5) is 70.3. The zero-order valence-electron chi connectivity index (χ0n) is 37.6. The van der Waals surface area contributed by atoms with Crippen molar-refractivity contribution in [1.29, 1.82) is 10.8 Å². The molecule has 2 aromatic carbocycles. The molecular formula is C45H57F6N11O4S2. The van der Waals surface area contributed by atoms with Gasteiger partial charge in [-0.25, -0.2) is 9.97 Å². The minimum Gasteiger partial charge on any atom is -0.388 e. The van der Waals surface area contributed by atoms with Gasteiger partial charge in [-0.15, -0.1) is 23.5 Å². The summed E-state index contributed by atoms with van der Waals surface area (Å²) < 4.78 is 86.2. The van der Waals surface area contributed by atoms with Crippen molar-refractivity contribution < 1.29 is 45.5 Å². The van der Waals surface area contributed by atoms with Gasteiger partial charge >= 0.3 is 12.4 Å². The summed E-state index contributed by atoms with van der Waals surface area (Å²) >= 11 is 2.09. The van der Waals surface area contributed by atoms with Gasteiger partial charge in [-0.1, -0.05) is 12.8 Å². The summed E-state index contributed by atoms with van der Waals surface area (Å²) in [5.74, 6) is -2.49. The molecule has 0 fully saturated rings. The lowest BCUT2D eigenvalue weighted by Gasteiger charge is -2.18. The van der Waals surface area contributed by atoms with Crippen molar-refractivity contribution in [3.05, 3.63) is 81.4 Å². The van der Waals surface area contributed by atoms with E-state index in [1.807, 2.05) is 0 Å². The molecule has 0 radical (unpaired) electrons. The Morgan fingerprint density at radius 1 is 0.559 bits per heavy atom. The molecule has 1 heterocycles. The van der Waals surface area contributed by atoms with Crippen LogP contribution in [0, 0.1) is 10.8 Å². The number of nitrogens with zero attached hydrogens (tertiary/aromatic N) is 4. The molecule has 3 rings (SSSR count). The first-order valence-electron chi connectivity index (χ1n) is 21.6. The number of guanidine groups is 2. The van der Waals surface area contributed by atoms with E-state index in [-0.39, 0.29) is 123 Å². The van der Waals surface area contributed by atoms with Crippen LogP contribution in [0.3, 0.4) is 0 Å². The van der Waals surface area contributed by atoms with Crippen LogP contribution in [0.5, 0.6) is 0 Å². The third-order valence-electron chi connectivity index (χ3n) is 10.0. The summed E-state index contributed by atoms with van der Waals surface area (Å²) in [5, 5.41) is 14.9. The number of hydrogen-bond acceptors (Lipinski definition) is 12. The minimum atomic E-state index is -4.88. The van der Waals surface area contributed by atoms with E-state index in [4.69, 9.17) is 39.5 Å². The second-order valence-corrected chi connectivity index (χ2v) is 18.1. The van der Waals surface area contributed by atoms with Crippen molar-refractivity contribution in [3.63, 3.8) is 0 Å². The fourth-order valence-corrected chi connectivity index (χ4v) is 8.91. The number of alkyl halides is 6. The second-order valence-electron chi connectivity index (χ2n) is 15.9. The Morgan fingerprint density at radius 2 is 0.926 bits per heavy atom. The molecule has 0 atom stereocenters. The lowest BCUT2D eigenvalue weighted by Crippen LogP contribution is -2.23. The zero-order valence-corrected chi connectivity index (χ0v) is 39.2. The maximum Gasteiger partial charge on any atom is 0.416 e. The molecule has 0 unspecified atom stereocenters. The van der Waals surface area contributed by atoms with Gasteiger partial charge in [-0.05, 0) is 91.6 Å². The molecule has 12 N–H and O–H groups in total. The lowest BCUT2D eigenvalue weighted by molar-refractivity contribution is -0.138. The number of amidine groups is 1. The molecule has 0 bridgehead atoms. The first-order valence-corrected chi connectivity index (χ1v) is 23.5. The second kappa shape index (κ2) is 27.2. The van der Waals surface area contributed by atoms with E-state index in [1.54, 1.807) is 6.92 Å². The molecular weight excluding hydrogens is 937 g/mol. The average Bonchev–Trinajstić information content (AvgIpc) is 3.23. The Hall–Kier alpha value is -5.84. The molecule has 1 aromatic heterocycles. The van der Waals surface area contributed by atoms with Crippen molar-refractivity contribution >= 4 is 70.1 Å². The lowest BCUT2D eigenvalue weighted by atomic mass is 9.95. The van der Waals surface area contributed by atoms with Gasteiger partial charge in [-0.2, -0.15) is 26.3 Å². The first kappa shape index (κ1) is 56.5. The molecule has 0 amide bonds. The maximum atomic E-state index is 14.4. The van der Waals surface area contributed by atoms with Gasteiger partial charge in [0.25, 0.3) is 0 Å². The van der Waals surface area contributed by atoms with Crippen molar-refractivity contribution in [1.82, 2.24) is 9.97 Å². The highest BCUT2D eigenvalue weighted by molar-refractivity contribution is 7.99. The number of Topliss-reactive ketones (excluding diaryl/α,β-unsaturated/α-hetero) is 4. The van der Waals surface area contributed by atoms with E-state index >= 15 is 0 Å². The topological polar surface area (TPSA) is 297 Å². The van der Waals surface area contributed by atoms with Crippen LogP contribution in [-0.2, 0) is 47.6 Å². The molecule has 370 valence electrons. The summed E-state index contributed by atoms with van der Waals surface area (Å²) in [6.45, 7) is 1.78. The maximum absolute atomic E-state index is 14.4. The summed E-state index contributed by atoms with van der Waals surface area (Å²) in [6, 6.07) is 4.33. The third kappa shape index (κ3) is 20.2. The van der Waals surface area contributed by atoms with Crippen LogP contribution in [0.4, 0.5) is 26.3 Å². The smallest absolute Gasteiger partial charge is 0.388 e. The zero-order chi connectivity index (χ0) is 50.6. The van der Waals surface area contributed by atoms with E-state index in [1.165, 1.54) is 0 Å². The van der Waals surface area contributed by atoms with Crippen LogP contribution < -0.4 is 28.7 Å². The van der Waals surface area contributed by atoms with Crippen LogP contribution >= 0.6 is 23.5 Å². The van der Waals surface area contributed by atoms with E-state index in [2.05, 4.69) is 20.0 Å². The number of nitrogens with two attached hydrogens (primary N) is 5. The largest absolute Gasteiger partial charge is 0.416 e. The van der Waals surface area contributed by atoms with Gasteiger partial charge < -0.3 is 34.1 Å². The molecule has 23 heteroatoms. The molecule has 0 saturated carbocycles. The molecule has 0 aliphatic rings. The van der Waals surface area contributed by atoms with Crippen LogP contribution in [0.1, 0.15) is 125 Å². The molecule has 0 spiro atoms. The Balaban J connectivity index is 2.01. The SMILES string of the molecule is CC(=N)CCCCCC(=O)Cc1cc(C(F)(F)F)cc(CC(=O)c2cc(C(=O)Cc3cc(C(F)(F)F)cc(CC(=O)CCCCCC(=N)N)c3SCCN=C(N)N)ncn2)c1SCCN=C(N)N.